The fraction of sp³-hybridized carbons (Fsp3) is 0.444. The van der Waals surface area contributed by atoms with Crippen LogP contribution in [0.15, 0.2) is 41.9 Å². The highest BCUT2D eigenvalue weighted by molar-refractivity contribution is 14.0. The van der Waals surface area contributed by atoms with E-state index >= 15 is 0 Å². The third kappa shape index (κ3) is 6.74. The number of halogens is 2. The zero-order chi connectivity index (χ0) is 18.2. The summed E-state index contributed by atoms with van der Waals surface area (Å²) in [4.78, 5) is 10.6. The van der Waals surface area contributed by atoms with Gasteiger partial charge in [-0.25, -0.2) is 14.4 Å². The van der Waals surface area contributed by atoms with Crippen LogP contribution < -0.4 is 11.1 Å². The number of nitrogens with one attached hydrogen (secondary N) is 1. The second-order valence-electron chi connectivity index (χ2n) is 6.19. The number of hydrogen-bond donors (Lipinski definition) is 2. The van der Waals surface area contributed by atoms with Gasteiger partial charge >= 0.3 is 0 Å². The highest BCUT2D eigenvalue weighted by Gasteiger charge is 2.09. The summed E-state index contributed by atoms with van der Waals surface area (Å²) in [5.41, 5.74) is 7.12. The van der Waals surface area contributed by atoms with Gasteiger partial charge in [-0.2, -0.15) is 0 Å². The second-order valence-corrected chi connectivity index (χ2v) is 6.19. The van der Waals surface area contributed by atoms with Crippen molar-refractivity contribution in [2.45, 2.75) is 13.0 Å². The Balaban J connectivity index is 0.00000261. The van der Waals surface area contributed by atoms with Crippen molar-refractivity contribution in [2.24, 2.45) is 10.7 Å². The maximum Gasteiger partial charge on any atom is 0.188 e. The number of nitrogens with zero attached hydrogens (tertiary/aromatic N) is 4. The van der Waals surface area contributed by atoms with Crippen molar-refractivity contribution in [3.63, 3.8) is 0 Å². The third-order valence-electron chi connectivity index (χ3n) is 4.29. The average molecular weight is 488 g/mol. The number of rotatable bonds is 7. The Morgan fingerprint density at radius 2 is 2.15 bits per heavy atom. The quantitative estimate of drug-likeness (QED) is 0.269. The SMILES string of the molecule is I.NC(=NCc1ccc(-n2ccnc2)c(F)c1)NCCCN1CCOCC1. The predicted octanol–water partition coefficient (Wildman–Crippen LogP) is 1.76. The Bertz CT molecular complexity index is 719. The molecular weight excluding hydrogens is 462 g/mol. The molecule has 0 saturated carbocycles. The maximum absolute atomic E-state index is 14.2. The van der Waals surface area contributed by atoms with E-state index in [2.05, 4.69) is 20.2 Å². The molecule has 7 nitrogen and oxygen atoms in total. The standard InChI is InChI=1S/C18H25FN6O.HI/c19-16-12-15(2-3-17(16)25-7-5-21-14-25)13-23-18(20)22-4-1-6-24-8-10-26-11-9-24;/h2-3,5,7,12,14H,1,4,6,8-11,13H2,(H3,20,22,23);1H. The van der Waals surface area contributed by atoms with Crippen LogP contribution in [0, 0.1) is 5.82 Å². The summed E-state index contributed by atoms with van der Waals surface area (Å²) in [6, 6.07) is 5.03. The largest absolute Gasteiger partial charge is 0.379 e. The van der Waals surface area contributed by atoms with Crippen LogP contribution >= 0.6 is 24.0 Å². The van der Waals surface area contributed by atoms with Crippen LogP contribution in [0.4, 0.5) is 4.39 Å². The smallest absolute Gasteiger partial charge is 0.188 e. The summed E-state index contributed by atoms with van der Waals surface area (Å²) in [6.45, 7) is 5.73. The number of nitrogens with two attached hydrogens (primary N) is 1. The summed E-state index contributed by atoms with van der Waals surface area (Å²) in [5.74, 6) is 0.0683. The lowest BCUT2D eigenvalue weighted by atomic mass is 10.2. The predicted molar refractivity (Wildman–Crippen MR) is 114 cm³/mol. The molecule has 2 heterocycles. The van der Waals surface area contributed by atoms with Crippen LogP contribution in [-0.4, -0.2) is 59.8 Å². The second kappa shape index (κ2) is 11.2. The van der Waals surface area contributed by atoms with Gasteiger partial charge in [0.2, 0.25) is 0 Å². The first-order chi connectivity index (χ1) is 12.7. The van der Waals surface area contributed by atoms with Gasteiger partial charge in [0.05, 0.1) is 31.8 Å². The van der Waals surface area contributed by atoms with E-state index in [1.54, 1.807) is 29.4 Å². The first-order valence-electron chi connectivity index (χ1n) is 8.83. The molecule has 1 fully saturated rings. The highest BCUT2D eigenvalue weighted by Crippen LogP contribution is 2.15. The summed E-state index contributed by atoms with van der Waals surface area (Å²) in [6.07, 6.45) is 5.87. The minimum atomic E-state index is -0.312. The van der Waals surface area contributed by atoms with E-state index in [0.29, 0.717) is 18.2 Å². The van der Waals surface area contributed by atoms with Crippen molar-refractivity contribution in [3.8, 4) is 5.69 Å². The van der Waals surface area contributed by atoms with Crippen molar-refractivity contribution in [1.82, 2.24) is 19.8 Å². The van der Waals surface area contributed by atoms with Gasteiger partial charge in [0, 0.05) is 32.0 Å². The molecule has 148 valence electrons. The van der Waals surface area contributed by atoms with Crippen LogP contribution in [0.2, 0.25) is 0 Å². The number of morpholine rings is 1. The number of hydrogen-bond acceptors (Lipinski definition) is 4. The topological polar surface area (TPSA) is 80.7 Å². The number of imidazole rings is 1. The van der Waals surface area contributed by atoms with Gasteiger partial charge in [0.15, 0.2) is 5.96 Å². The molecule has 0 radical (unpaired) electrons. The third-order valence-corrected chi connectivity index (χ3v) is 4.29. The molecule has 0 aliphatic carbocycles. The van der Waals surface area contributed by atoms with Gasteiger partial charge in [-0.3, -0.25) is 4.90 Å². The number of benzene rings is 1. The molecule has 0 spiro atoms. The van der Waals surface area contributed by atoms with Crippen molar-refractivity contribution in [3.05, 3.63) is 48.3 Å². The molecule has 3 N–H and O–H groups in total. The normalized spacial score (nSPS) is 15.4. The van der Waals surface area contributed by atoms with Gasteiger partial charge in [0.1, 0.15) is 5.82 Å². The fourth-order valence-electron chi connectivity index (χ4n) is 2.84. The van der Waals surface area contributed by atoms with Crippen molar-refractivity contribution < 1.29 is 9.13 Å². The lowest BCUT2D eigenvalue weighted by Gasteiger charge is -2.26. The molecule has 3 rings (SSSR count). The molecule has 1 aliphatic rings. The number of guanidine groups is 1. The molecule has 2 aromatic rings. The van der Waals surface area contributed by atoms with E-state index < -0.39 is 0 Å². The molecule has 1 aliphatic heterocycles. The van der Waals surface area contributed by atoms with Crippen LogP contribution in [0.5, 0.6) is 0 Å². The molecule has 0 amide bonds. The Morgan fingerprint density at radius 3 is 2.85 bits per heavy atom. The molecule has 0 atom stereocenters. The van der Waals surface area contributed by atoms with Crippen molar-refractivity contribution >= 4 is 29.9 Å². The van der Waals surface area contributed by atoms with Gasteiger partial charge in [-0.15, -0.1) is 24.0 Å². The van der Waals surface area contributed by atoms with Crippen LogP contribution in [0.1, 0.15) is 12.0 Å². The molecule has 1 aromatic heterocycles. The molecule has 27 heavy (non-hydrogen) atoms. The van der Waals surface area contributed by atoms with Gasteiger partial charge in [0.25, 0.3) is 0 Å². The molecule has 9 heteroatoms. The van der Waals surface area contributed by atoms with E-state index in [1.165, 1.54) is 6.07 Å². The van der Waals surface area contributed by atoms with E-state index in [1.807, 2.05) is 6.07 Å². The lowest BCUT2D eigenvalue weighted by molar-refractivity contribution is 0.0376. The minimum Gasteiger partial charge on any atom is -0.379 e. The fourth-order valence-corrected chi connectivity index (χ4v) is 2.84. The Hall–Kier alpha value is -1.72. The van der Waals surface area contributed by atoms with Crippen LogP contribution in [0.3, 0.4) is 0 Å². The number of aromatic nitrogens is 2. The zero-order valence-corrected chi connectivity index (χ0v) is 17.5. The van der Waals surface area contributed by atoms with E-state index in [0.717, 1.165) is 51.4 Å². The molecule has 0 bridgehead atoms. The van der Waals surface area contributed by atoms with Gasteiger partial charge in [-0.1, -0.05) is 6.07 Å². The van der Waals surface area contributed by atoms with Crippen LogP contribution in [-0.2, 0) is 11.3 Å². The summed E-state index contributed by atoms with van der Waals surface area (Å²) in [7, 11) is 0. The number of aliphatic imine (C=N–C) groups is 1. The molecule has 0 unspecified atom stereocenters. The summed E-state index contributed by atoms with van der Waals surface area (Å²) >= 11 is 0. The molecular formula is C18H26FIN6O. The minimum absolute atomic E-state index is 0. The molecule has 1 saturated heterocycles. The lowest BCUT2D eigenvalue weighted by Crippen LogP contribution is -2.39. The molecule has 1 aromatic carbocycles. The van der Waals surface area contributed by atoms with E-state index in [-0.39, 0.29) is 29.8 Å². The summed E-state index contributed by atoms with van der Waals surface area (Å²) in [5, 5.41) is 3.10. The summed E-state index contributed by atoms with van der Waals surface area (Å²) < 4.78 is 21.2. The van der Waals surface area contributed by atoms with Crippen molar-refractivity contribution in [2.75, 3.05) is 39.4 Å². The Morgan fingerprint density at radius 1 is 1.33 bits per heavy atom. The Kier molecular flexibility index (Phi) is 8.95. The maximum atomic E-state index is 14.2. The highest BCUT2D eigenvalue weighted by atomic mass is 127. The van der Waals surface area contributed by atoms with Gasteiger partial charge in [-0.05, 0) is 30.7 Å². The first kappa shape index (κ1) is 21.6. The van der Waals surface area contributed by atoms with Gasteiger partial charge < -0.3 is 20.4 Å². The Labute approximate surface area is 175 Å². The van der Waals surface area contributed by atoms with Crippen LogP contribution in [0.25, 0.3) is 5.69 Å². The number of ether oxygens (including phenoxy) is 1. The zero-order valence-electron chi connectivity index (χ0n) is 15.2. The monoisotopic (exact) mass is 488 g/mol. The van der Waals surface area contributed by atoms with E-state index in [4.69, 9.17) is 10.5 Å². The first-order valence-corrected chi connectivity index (χ1v) is 8.83. The van der Waals surface area contributed by atoms with Crippen molar-refractivity contribution in [1.29, 1.82) is 0 Å². The van der Waals surface area contributed by atoms with E-state index in [9.17, 15) is 4.39 Å². The average Bonchev–Trinajstić information content (AvgIpc) is 3.19.